The van der Waals surface area contributed by atoms with Crippen LogP contribution in [-0.2, 0) is 16.5 Å². The number of aryl methyl sites for hydroxylation is 1. The largest absolute Gasteiger partial charge is 0.294 e. The topological polar surface area (TPSA) is 54.4 Å². The van der Waals surface area contributed by atoms with Gasteiger partial charge in [0.05, 0.1) is 4.90 Å². The first-order chi connectivity index (χ1) is 5.54. The molecule has 0 aliphatic carbocycles. The Balaban J connectivity index is 0.00000144. The van der Waals surface area contributed by atoms with Gasteiger partial charge < -0.3 is 0 Å². The lowest BCUT2D eigenvalue weighted by Gasteiger charge is -1.97. The van der Waals surface area contributed by atoms with Crippen LogP contribution < -0.4 is 0 Å². The summed E-state index contributed by atoms with van der Waals surface area (Å²) in [6, 6.07) is 6.16. The van der Waals surface area contributed by atoms with Crippen LogP contribution in [0.2, 0.25) is 0 Å². The van der Waals surface area contributed by atoms with Crippen LogP contribution in [0.4, 0.5) is 0 Å². The molecule has 0 saturated heterocycles. The molecule has 1 N–H and O–H groups in total. The second-order valence-corrected chi connectivity index (χ2v) is 3.89. The molecule has 0 bridgehead atoms. The Morgan fingerprint density at radius 2 is 1.69 bits per heavy atom. The number of rotatable bonds is 2. The van der Waals surface area contributed by atoms with E-state index in [2.05, 4.69) is 0 Å². The molecule has 0 aromatic heterocycles. The lowest BCUT2D eigenvalue weighted by molar-refractivity contribution is 0.483. The van der Waals surface area contributed by atoms with Crippen molar-refractivity contribution < 1.29 is 13.0 Å². The predicted octanol–water partition coefficient (Wildman–Crippen LogP) is 1.11. The van der Waals surface area contributed by atoms with Gasteiger partial charge in [0.1, 0.15) is 0 Å². The van der Waals surface area contributed by atoms with Gasteiger partial charge in [0, 0.05) is 8.41 Å². The Morgan fingerprint density at radius 1 is 1.23 bits per heavy atom. The molecule has 1 aromatic rings. The zero-order valence-electron chi connectivity index (χ0n) is 7.27. The number of hydrogen-bond donors (Lipinski definition) is 1. The molecule has 1 aromatic carbocycles. The fraction of sp³-hybridized carbons (Fsp3) is 0.250. The summed E-state index contributed by atoms with van der Waals surface area (Å²) in [5, 5.41) is 0. The maximum atomic E-state index is 10.6. The van der Waals surface area contributed by atoms with Crippen LogP contribution in [0.25, 0.3) is 0 Å². The SMILES string of the molecule is CCc1ccc(S(=O)(=O)O)cc1.[B]. The van der Waals surface area contributed by atoms with E-state index in [-0.39, 0.29) is 13.3 Å². The van der Waals surface area contributed by atoms with Crippen molar-refractivity contribution in [3.8, 4) is 0 Å². The first kappa shape index (κ1) is 12.2. The molecule has 0 unspecified atom stereocenters. The molecule has 3 nitrogen and oxygen atoms in total. The van der Waals surface area contributed by atoms with Gasteiger partial charge in [-0.3, -0.25) is 4.55 Å². The van der Waals surface area contributed by atoms with Crippen molar-refractivity contribution in [1.82, 2.24) is 0 Å². The normalized spacial score (nSPS) is 10.6. The Morgan fingerprint density at radius 3 is 2.00 bits per heavy atom. The monoisotopic (exact) mass is 197 g/mol. The second kappa shape index (κ2) is 4.44. The van der Waals surface area contributed by atoms with Crippen LogP contribution >= 0.6 is 0 Å². The molecule has 5 heteroatoms. The molecule has 1 rings (SSSR count). The van der Waals surface area contributed by atoms with Gasteiger partial charge in [-0.1, -0.05) is 19.1 Å². The van der Waals surface area contributed by atoms with E-state index < -0.39 is 10.1 Å². The summed E-state index contributed by atoms with van der Waals surface area (Å²) in [6.07, 6.45) is 0.853. The van der Waals surface area contributed by atoms with Crippen molar-refractivity contribution in [3.63, 3.8) is 0 Å². The van der Waals surface area contributed by atoms with Crippen LogP contribution in [0, 0.1) is 0 Å². The van der Waals surface area contributed by atoms with Crippen molar-refractivity contribution in [3.05, 3.63) is 29.8 Å². The number of benzene rings is 1. The zero-order valence-corrected chi connectivity index (χ0v) is 8.08. The van der Waals surface area contributed by atoms with Gasteiger partial charge in [-0.15, -0.1) is 0 Å². The van der Waals surface area contributed by atoms with Crippen LogP contribution in [0.5, 0.6) is 0 Å². The number of hydrogen-bond acceptors (Lipinski definition) is 2. The second-order valence-electron chi connectivity index (χ2n) is 2.47. The highest BCUT2D eigenvalue weighted by molar-refractivity contribution is 7.85. The fourth-order valence-corrected chi connectivity index (χ4v) is 1.38. The first-order valence-corrected chi connectivity index (χ1v) is 5.04. The third kappa shape index (κ3) is 3.20. The average molecular weight is 197 g/mol. The summed E-state index contributed by atoms with van der Waals surface area (Å²) >= 11 is 0. The lowest BCUT2D eigenvalue weighted by Crippen LogP contribution is -1.97. The molecular weight excluding hydrogens is 187 g/mol. The van der Waals surface area contributed by atoms with Crippen molar-refractivity contribution in [1.29, 1.82) is 0 Å². The van der Waals surface area contributed by atoms with Crippen molar-refractivity contribution in [2.24, 2.45) is 0 Å². The minimum atomic E-state index is -4.03. The minimum absolute atomic E-state index is 0. The molecule has 0 fully saturated rings. The Labute approximate surface area is 80.1 Å². The van der Waals surface area contributed by atoms with E-state index in [1.807, 2.05) is 6.92 Å². The zero-order chi connectivity index (χ0) is 9.19. The summed E-state index contributed by atoms with van der Waals surface area (Å²) in [4.78, 5) is -0.0558. The van der Waals surface area contributed by atoms with Gasteiger partial charge in [-0.2, -0.15) is 8.42 Å². The Bertz CT molecular complexity index is 355. The average Bonchev–Trinajstić information content (AvgIpc) is 2.03. The molecule has 0 atom stereocenters. The van der Waals surface area contributed by atoms with E-state index in [1.54, 1.807) is 12.1 Å². The van der Waals surface area contributed by atoms with E-state index in [0.717, 1.165) is 12.0 Å². The molecular formula is C8H10BO3S. The molecule has 0 amide bonds. The standard InChI is InChI=1S/C8H10O3S.B/c1-2-7-3-5-8(6-4-7)12(9,10)11;/h3-6H,2H2,1H3,(H,9,10,11);. The molecule has 13 heavy (non-hydrogen) atoms. The maximum Gasteiger partial charge on any atom is 0.294 e. The Kier molecular flexibility index (Phi) is 4.16. The molecule has 3 radical (unpaired) electrons. The highest BCUT2D eigenvalue weighted by atomic mass is 32.2. The Hall–Kier alpha value is -0.805. The molecule has 0 aliphatic heterocycles. The molecule has 0 saturated carbocycles. The third-order valence-corrected chi connectivity index (χ3v) is 2.50. The van der Waals surface area contributed by atoms with E-state index >= 15 is 0 Å². The molecule has 0 aliphatic rings. The fourth-order valence-electron chi connectivity index (χ4n) is 0.897. The van der Waals surface area contributed by atoms with Gasteiger partial charge >= 0.3 is 0 Å². The van der Waals surface area contributed by atoms with E-state index in [9.17, 15) is 8.42 Å². The summed E-state index contributed by atoms with van der Waals surface area (Å²) in [5.41, 5.74) is 1.04. The van der Waals surface area contributed by atoms with Crippen LogP contribution in [0.3, 0.4) is 0 Å². The van der Waals surface area contributed by atoms with Crippen LogP contribution in [0.15, 0.2) is 29.2 Å². The van der Waals surface area contributed by atoms with Crippen molar-refractivity contribution in [2.75, 3.05) is 0 Å². The van der Waals surface area contributed by atoms with Crippen LogP contribution in [-0.4, -0.2) is 21.4 Å². The van der Waals surface area contributed by atoms with E-state index in [4.69, 9.17) is 4.55 Å². The van der Waals surface area contributed by atoms with Gasteiger partial charge in [0.25, 0.3) is 10.1 Å². The van der Waals surface area contributed by atoms with Gasteiger partial charge in [0.2, 0.25) is 0 Å². The minimum Gasteiger partial charge on any atom is -0.282 e. The highest BCUT2D eigenvalue weighted by Crippen LogP contribution is 2.09. The summed E-state index contributed by atoms with van der Waals surface area (Å²) in [5.74, 6) is 0. The predicted molar refractivity (Wildman–Crippen MR) is 51.4 cm³/mol. The van der Waals surface area contributed by atoms with Gasteiger partial charge in [-0.25, -0.2) is 0 Å². The van der Waals surface area contributed by atoms with Gasteiger partial charge in [0.15, 0.2) is 0 Å². The van der Waals surface area contributed by atoms with E-state index in [0.29, 0.717) is 0 Å². The van der Waals surface area contributed by atoms with Crippen molar-refractivity contribution >= 4 is 18.5 Å². The summed E-state index contributed by atoms with van der Waals surface area (Å²) in [6.45, 7) is 1.97. The summed E-state index contributed by atoms with van der Waals surface area (Å²) in [7, 11) is -4.03. The van der Waals surface area contributed by atoms with Crippen LogP contribution in [0.1, 0.15) is 12.5 Å². The quantitative estimate of drug-likeness (QED) is 0.570. The molecule has 69 valence electrons. The highest BCUT2D eigenvalue weighted by Gasteiger charge is 2.07. The molecule has 0 spiro atoms. The van der Waals surface area contributed by atoms with E-state index in [1.165, 1.54) is 12.1 Å². The smallest absolute Gasteiger partial charge is 0.282 e. The first-order valence-electron chi connectivity index (χ1n) is 3.60. The third-order valence-electron chi connectivity index (χ3n) is 1.63. The lowest BCUT2D eigenvalue weighted by atomic mass is 10.2. The maximum absolute atomic E-state index is 10.6. The van der Waals surface area contributed by atoms with Gasteiger partial charge in [-0.05, 0) is 24.1 Å². The summed E-state index contributed by atoms with van der Waals surface area (Å²) < 4.78 is 29.8. The molecule has 0 heterocycles. The van der Waals surface area contributed by atoms with Crippen molar-refractivity contribution in [2.45, 2.75) is 18.2 Å².